The SMILES string of the molecule is COc1ccc(OC)c(CNc2ncnc(N3CCCC3)c2C#N)c1. The van der Waals surface area contributed by atoms with Crippen LogP contribution in [-0.4, -0.2) is 37.3 Å². The largest absolute Gasteiger partial charge is 0.497 e. The quantitative estimate of drug-likeness (QED) is 0.866. The van der Waals surface area contributed by atoms with Crippen molar-refractivity contribution in [3.63, 3.8) is 0 Å². The Morgan fingerprint density at radius 2 is 2.00 bits per heavy atom. The molecule has 2 heterocycles. The van der Waals surface area contributed by atoms with Crippen LogP contribution in [0, 0.1) is 11.3 Å². The van der Waals surface area contributed by atoms with Gasteiger partial charge in [-0.25, -0.2) is 9.97 Å². The van der Waals surface area contributed by atoms with Crippen LogP contribution in [0.5, 0.6) is 11.5 Å². The van der Waals surface area contributed by atoms with Crippen molar-refractivity contribution in [1.29, 1.82) is 5.26 Å². The summed E-state index contributed by atoms with van der Waals surface area (Å²) in [4.78, 5) is 10.7. The predicted molar refractivity (Wildman–Crippen MR) is 95.1 cm³/mol. The number of nitrogens with zero attached hydrogens (tertiary/aromatic N) is 4. The summed E-state index contributed by atoms with van der Waals surface area (Å²) in [5, 5.41) is 12.8. The van der Waals surface area contributed by atoms with Crippen LogP contribution < -0.4 is 19.7 Å². The highest BCUT2D eigenvalue weighted by Gasteiger charge is 2.20. The monoisotopic (exact) mass is 339 g/mol. The van der Waals surface area contributed by atoms with Crippen LogP contribution in [0.4, 0.5) is 11.6 Å². The third kappa shape index (κ3) is 3.58. The molecule has 7 nitrogen and oxygen atoms in total. The van der Waals surface area contributed by atoms with Crippen molar-refractivity contribution >= 4 is 11.6 Å². The topological polar surface area (TPSA) is 83.3 Å². The van der Waals surface area contributed by atoms with Crippen LogP contribution in [0.15, 0.2) is 24.5 Å². The Kier molecular flexibility index (Phi) is 5.19. The van der Waals surface area contributed by atoms with E-state index in [4.69, 9.17) is 9.47 Å². The Bertz CT molecular complexity index is 782. The molecule has 1 N–H and O–H groups in total. The van der Waals surface area contributed by atoms with E-state index in [2.05, 4.69) is 26.3 Å². The van der Waals surface area contributed by atoms with Gasteiger partial charge < -0.3 is 19.7 Å². The van der Waals surface area contributed by atoms with Gasteiger partial charge >= 0.3 is 0 Å². The van der Waals surface area contributed by atoms with Gasteiger partial charge in [0.15, 0.2) is 5.82 Å². The highest BCUT2D eigenvalue weighted by molar-refractivity contribution is 5.65. The number of hydrogen-bond acceptors (Lipinski definition) is 7. The van der Waals surface area contributed by atoms with Crippen molar-refractivity contribution in [3.05, 3.63) is 35.7 Å². The van der Waals surface area contributed by atoms with Crippen molar-refractivity contribution in [3.8, 4) is 17.6 Å². The van der Waals surface area contributed by atoms with E-state index >= 15 is 0 Å². The van der Waals surface area contributed by atoms with E-state index in [1.54, 1.807) is 14.2 Å². The first kappa shape index (κ1) is 16.8. The number of methoxy groups -OCH3 is 2. The van der Waals surface area contributed by atoms with E-state index in [1.165, 1.54) is 6.33 Å². The maximum atomic E-state index is 9.60. The number of hydrogen-bond donors (Lipinski definition) is 1. The Balaban J connectivity index is 1.84. The third-order valence-corrected chi connectivity index (χ3v) is 4.28. The van der Waals surface area contributed by atoms with Crippen LogP contribution in [0.25, 0.3) is 0 Å². The summed E-state index contributed by atoms with van der Waals surface area (Å²) in [7, 11) is 3.25. The first-order valence-corrected chi connectivity index (χ1v) is 8.21. The van der Waals surface area contributed by atoms with E-state index in [9.17, 15) is 5.26 Å². The lowest BCUT2D eigenvalue weighted by molar-refractivity contribution is 0.399. The first-order chi connectivity index (χ1) is 12.3. The second-order valence-electron chi connectivity index (χ2n) is 5.76. The first-order valence-electron chi connectivity index (χ1n) is 8.21. The van der Waals surface area contributed by atoms with Crippen LogP contribution in [0.1, 0.15) is 24.0 Å². The Morgan fingerprint density at radius 1 is 1.20 bits per heavy atom. The van der Waals surface area contributed by atoms with Crippen molar-refractivity contribution in [2.75, 3.05) is 37.5 Å². The molecule has 0 spiro atoms. The third-order valence-electron chi connectivity index (χ3n) is 4.28. The van der Waals surface area contributed by atoms with Crippen molar-refractivity contribution < 1.29 is 9.47 Å². The summed E-state index contributed by atoms with van der Waals surface area (Å²) in [6.07, 6.45) is 3.75. The summed E-state index contributed by atoms with van der Waals surface area (Å²) in [5.41, 5.74) is 1.40. The fraction of sp³-hybridized carbons (Fsp3) is 0.389. The number of nitrogens with one attached hydrogen (secondary N) is 1. The van der Waals surface area contributed by atoms with Crippen LogP contribution in [-0.2, 0) is 6.54 Å². The lowest BCUT2D eigenvalue weighted by Gasteiger charge is -2.19. The molecule has 1 aliphatic rings. The van der Waals surface area contributed by atoms with Gasteiger partial charge in [0.1, 0.15) is 35.3 Å². The summed E-state index contributed by atoms with van der Waals surface area (Å²) < 4.78 is 10.7. The summed E-state index contributed by atoms with van der Waals surface area (Å²) in [6, 6.07) is 7.85. The van der Waals surface area contributed by atoms with Crippen LogP contribution in [0.3, 0.4) is 0 Å². The highest BCUT2D eigenvalue weighted by Crippen LogP contribution is 2.28. The van der Waals surface area contributed by atoms with Gasteiger partial charge in [0, 0.05) is 25.2 Å². The molecule has 1 aromatic heterocycles. The zero-order chi connectivity index (χ0) is 17.6. The van der Waals surface area contributed by atoms with Gasteiger partial charge in [-0.15, -0.1) is 0 Å². The minimum absolute atomic E-state index is 0.464. The standard InChI is InChI=1S/C18H21N5O2/c1-24-14-5-6-16(25-2)13(9-14)11-20-17-15(10-19)18(22-12-21-17)23-7-3-4-8-23/h5-6,9,12H,3-4,7-8,11H2,1-2H3,(H,20,21,22). The van der Waals surface area contributed by atoms with E-state index in [0.29, 0.717) is 23.7 Å². The summed E-state index contributed by atoms with van der Waals surface area (Å²) >= 11 is 0. The molecule has 7 heteroatoms. The van der Waals surface area contributed by atoms with Gasteiger partial charge in [0.25, 0.3) is 0 Å². The molecular formula is C18H21N5O2. The highest BCUT2D eigenvalue weighted by atomic mass is 16.5. The second kappa shape index (κ2) is 7.71. The van der Waals surface area contributed by atoms with Crippen LogP contribution in [0.2, 0.25) is 0 Å². The molecule has 25 heavy (non-hydrogen) atoms. The molecule has 0 atom stereocenters. The average Bonchev–Trinajstić information content (AvgIpc) is 3.20. The minimum Gasteiger partial charge on any atom is -0.497 e. The molecule has 0 radical (unpaired) electrons. The molecule has 0 saturated carbocycles. The smallest absolute Gasteiger partial charge is 0.152 e. The molecule has 2 aromatic rings. The van der Waals surface area contributed by atoms with Gasteiger partial charge in [0.2, 0.25) is 0 Å². The fourth-order valence-electron chi connectivity index (χ4n) is 2.98. The molecule has 1 fully saturated rings. The zero-order valence-electron chi connectivity index (χ0n) is 14.5. The zero-order valence-corrected chi connectivity index (χ0v) is 14.5. The number of ether oxygens (including phenoxy) is 2. The lowest BCUT2D eigenvalue weighted by Crippen LogP contribution is -2.21. The molecule has 0 aliphatic carbocycles. The van der Waals surface area contributed by atoms with E-state index < -0.39 is 0 Å². The van der Waals surface area contributed by atoms with Crippen molar-refractivity contribution in [2.45, 2.75) is 19.4 Å². The maximum Gasteiger partial charge on any atom is 0.152 e. The van der Waals surface area contributed by atoms with E-state index in [0.717, 1.165) is 43.0 Å². The molecule has 130 valence electrons. The average molecular weight is 339 g/mol. The molecule has 1 aromatic carbocycles. The molecule has 0 unspecified atom stereocenters. The molecule has 0 amide bonds. The summed E-state index contributed by atoms with van der Waals surface area (Å²) in [5.74, 6) is 2.73. The number of rotatable bonds is 6. The molecule has 1 saturated heterocycles. The molecule has 1 aliphatic heterocycles. The van der Waals surface area contributed by atoms with Crippen LogP contribution >= 0.6 is 0 Å². The maximum absolute atomic E-state index is 9.60. The second-order valence-corrected chi connectivity index (χ2v) is 5.76. The molecule has 0 bridgehead atoms. The lowest BCUT2D eigenvalue weighted by atomic mass is 10.2. The van der Waals surface area contributed by atoms with Gasteiger partial charge in [-0.2, -0.15) is 5.26 Å². The Labute approximate surface area is 147 Å². The number of anilines is 2. The van der Waals surface area contributed by atoms with Crippen molar-refractivity contribution in [1.82, 2.24) is 9.97 Å². The van der Waals surface area contributed by atoms with E-state index in [1.807, 2.05) is 18.2 Å². The fourth-order valence-corrected chi connectivity index (χ4v) is 2.98. The predicted octanol–water partition coefficient (Wildman–Crippen LogP) is 2.58. The number of benzene rings is 1. The van der Waals surface area contributed by atoms with Crippen molar-refractivity contribution in [2.24, 2.45) is 0 Å². The van der Waals surface area contributed by atoms with Gasteiger partial charge in [-0.05, 0) is 31.0 Å². The van der Waals surface area contributed by atoms with Gasteiger partial charge in [0.05, 0.1) is 14.2 Å². The number of aromatic nitrogens is 2. The van der Waals surface area contributed by atoms with Gasteiger partial charge in [-0.1, -0.05) is 0 Å². The molecular weight excluding hydrogens is 318 g/mol. The van der Waals surface area contributed by atoms with Gasteiger partial charge in [-0.3, -0.25) is 0 Å². The van der Waals surface area contributed by atoms with E-state index in [-0.39, 0.29) is 0 Å². The molecule has 3 rings (SSSR count). The Morgan fingerprint density at radius 3 is 2.68 bits per heavy atom. The normalized spacial score (nSPS) is 13.4. The number of nitriles is 1. The Hall–Kier alpha value is -3.01. The minimum atomic E-state index is 0.464. The summed E-state index contributed by atoms with van der Waals surface area (Å²) in [6.45, 7) is 2.31.